The summed E-state index contributed by atoms with van der Waals surface area (Å²) >= 11 is 0. The smallest absolute Gasteiger partial charge is 0.281 e. The van der Waals surface area contributed by atoms with Crippen LogP contribution >= 0.6 is 0 Å². The van der Waals surface area contributed by atoms with Crippen molar-refractivity contribution >= 4 is 16.1 Å². The second-order valence-corrected chi connectivity index (χ2v) is 8.75. The molecule has 3 fully saturated rings. The minimum Gasteiger partial charge on any atom is -0.338 e. The third kappa shape index (κ3) is 3.40. The summed E-state index contributed by atoms with van der Waals surface area (Å²) in [6.07, 6.45) is 4.04. The molecule has 0 aromatic carbocycles. The van der Waals surface area contributed by atoms with E-state index in [1.807, 2.05) is 11.9 Å². The van der Waals surface area contributed by atoms with Gasteiger partial charge in [0.1, 0.15) is 0 Å². The highest BCUT2D eigenvalue weighted by Gasteiger charge is 2.43. The van der Waals surface area contributed by atoms with E-state index in [1.165, 1.54) is 0 Å². The van der Waals surface area contributed by atoms with E-state index in [2.05, 4.69) is 5.32 Å². The van der Waals surface area contributed by atoms with E-state index in [4.69, 9.17) is 0 Å². The van der Waals surface area contributed by atoms with Gasteiger partial charge in [-0.25, -0.2) is 0 Å². The van der Waals surface area contributed by atoms with Crippen LogP contribution in [-0.4, -0.2) is 80.2 Å². The number of nitrogens with zero attached hydrogens (tertiary/aromatic N) is 3. The first-order valence-electron chi connectivity index (χ1n) is 8.73. The monoisotopic (exact) mass is 344 g/mol. The average Bonchev–Trinajstić information content (AvgIpc) is 3.09. The molecule has 2 atom stereocenters. The third-order valence-corrected chi connectivity index (χ3v) is 7.43. The maximum Gasteiger partial charge on any atom is 0.281 e. The predicted molar refractivity (Wildman–Crippen MR) is 88.1 cm³/mol. The van der Waals surface area contributed by atoms with Crippen LogP contribution in [0.1, 0.15) is 32.1 Å². The minimum atomic E-state index is -3.31. The number of likely N-dealkylation sites (N-methyl/N-ethyl adjacent to an activating group) is 1. The number of carbonyl (C=O) groups excluding carboxylic acids is 1. The van der Waals surface area contributed by atoms with Gasteiger partial charge in [-0.15, -0.1) is 0 Å². The summed E-state index contributed by atoms with van der Waals surface area (Å²) in [6.45, 7) is 3.90. The van der Waals surface area contributed by atoms with Crippen molar-refractivity contribution in [2.24, 2.45) is 5.92 Å². The number of nitrogens with one attached hydrogen (secondary N) is 1. The van der Waals surface area contributed by atoms with Crippen LogP contribution in [0, 0.1) is 5.92 Å². The summed E-state index contributed by atoms with van der Waals surface area (Å²) in [5.74, 6) is 0.494. The van der Waals surface area contributed by atoms with E-state index in [0.717, 1.165) is 38.8 Å². The molecule has 7 nitrogen and oxygen atoms in total. The first-order valence-corrected chi connectivity index (χ1v) is 10.1. The molecule has 3 saturated heterocycles. The standard InChI is InChI=1S/C15H28N4O3S/c1-16-7-11-19-14-6-10-18(12-13(14)4-5-15(19)20)23(21,22)17-8-2-3-9-17/h13-14,16H,2-12H2,1H3/t13-,14+/m0/s1. The fraction of sp³-hybridized carbons (Fsp3) is 0.933. The Hall–Kier alpha value is -0.700. The Morgan fingerprint density at radius 1 is 1.13 bits per heavy atom. The molecule has 3 aliphatic heterocycles. The van der Waals surface area contributed by atoms with E-state index < -0.39 is 10.2 Å². The van der Waals surface area contributed by atoms with Crippen LogP contribution < -0.4 is 5.32 Å². The molecule has 132 valence electrons. The lowest BCUT2D eigenvalue weighted by molar-refractivity contribution is -0.140. The average molecular weight is 344 g/mol. The Kier molecular flexibility index (Phi) is 5.25. The molecule has 0 aromatic rings. The maximum atomic E-state index is 12.7. The van der Waals surface area contributed by atoms with Crippen molar-refractivity contribution in [1.82, 2.24) is 18.8 Å². The zero-order chi connectivity index (χ0) is 16.4. The van der Waals surface area contributed by atoms with Crippen molar-refractivity contribution in [2.75, 3.05) is 46.3 Å². The molecule has 23 heavy (non-hydrogen) atoms. The molecule has 1 amide bonds. The van der Waals surface area contributed by atoms with E-state index in [9.17, 15) is 13.2 Å². The highest BCUT2D eigenvalue weighted by Crippen LogP contribution is 2.33. The fourth-order valence-corrected chi connectivity index (χ4v) is 5.89. The third-order valence-electron chi connectivity index (χ3n) is 5.43. The molecule has 0 aromatic heterocycles. The number of carbonyl (C=O) groups is 1. The number of amides is 1. The van der Waals surface area contributed by atoms with Crippen molar-refractivity contribution in [1.29, 1.82) is 0 Å². The Labute approximate surface area is 139 Å². The van der Waals surface area contributed by atoms with Gasteiger partial charge in [0, 0.05) is 51.7 Å². The summed E-state index contributed by atoms with van der Waals surface area (Å²) in [5, 5.41) is 3.09. The number of rotatable bonds is 5. The van der Waals surface area contributed by atoms with Gasteiger partial charge in [-0.3, -0.25) is 4.79 Å². The van der Waals surface area contributed by atoms with Crippen molar-refractivity contribution < 1.29 is 13.2 Å². The van der Waals surface area contributed by atoms with Crippen LogP contribution in [0.4, 0.5) is 0 Å². The molecule has 0 aliphatic carbocycles. The van der Waals surface area contributed by atoms with Crippen LogP contribution in [0.15, 0.2) is 0 Å². The van der Waals surface area contributed by atoms with E-state index in [0.29, 0.717) is 32.6 Å². The zero-order valence-electron chi connectivity index (χ0n) is 13.9. The van der Waals surface area contributed by atoms with Crippen molar-refractivity contribution in [3.63, 3.8) is 0 Å². The largest absolute Gasteiger partial charge is 0.338 e. The molecule has 3 rings (SSSR count). The van der Waals surface area contributed by atoms with Crippen LogP contribution in [-0.2, 0) is 15.0 Å². The van der Waals surface area contributed by atoms with Crippen molar-refractivity contribution in [3.05, 3.63) is 0 Å². The number of hydrogen-bond donors (Lipinski definition) is 1. The quantitative estimate of drug-likeness (QED) is 0.753. The van der Waals surface area contributed by atoms with E-state index in [-0.39, 0.29) is 17.9 Å². The van der Waals surface area contributed by atoms with Crippen LogP contribution in [0.2, 0.25) is 0 Å². The van der Waals surface area contributed by atoms with Crippen LogP contribution in [0.3, 0.4) is 0 Å². The SMILES string of the molecule is CNCCN1C(=O)CC[C@H]2CN(S(=O)(=O)N3CCCC3)CC[C@H]21. The minimum absolute atomic E-state index is 0.203. The van der Waals surface area contributed by atoms with E-state index >= 15 is 0 Å². The van der Waals surface area contributed by atoms with Crippen LogP contribution in [0.25, 0.3) is 0 Å². The zero-order valence-corrected chi connectivity index (χ0v) is 14.7. The first-order chi connectivity index (χ1) is 11.0. The molecule has 0 saturated carbocycles. The second kappa shape index (κ2) is 7.04. The second-order valence-electron chi connectivity index (χ2n) is 6.82. The maximum absolute atomic E-state index is 12.7. The summed E-state index contributed by atoms with van der Waals surface area (Å²) < 4.78 is 28.8. The van der Waals surface area contributed by atoms with Gasteiger partial charge in [0.2, 0.25) is 5.91 Å². The van der Waals surface area contributed by atoms with Crippen LogP contribution in [0.5, 0.6) is 0 Å². The summed E-state index contributed by atoms with van der Waals surface area (Å²) in [5.41, 5.74) is 0. The number of piperidine rings is 2. The summed E-state index contributed by atoms with van der Waals surface area (Å²) in [4.78, 5) is 14.2. The molecular weight excluding hydrogens is 316 g/mol. The highest BCUT2D eigenvalue weighted by atomic mass is 32.2. The lowest BCUT2D eigenvalue weighted by Crippen LogP contribution is -2.59. The Morgan fingerprint density at radius 2 is 1.87 bits per heavy atom. The lowest BCUT2D eigenvalue weighted by atomic mass is 9.84. The van der Waals surface area contributed by atoms with Gasteiger partial charge in [-0.1, -0.05) is 0 Å². The highest BCUT2D eigenvalue weighted by molar-refractivity contribution is 7.86. The van der Waals surface area contributed by atoms with Crippen molar-refractivity contribution in [3.8, 4) is 0 Å². The predicted octanol–water partition coefficient (Wildman–Crippen LogP) is -0.141. The Balaban J connectivity index is 1.68. The molecule has 3 aliphatic rings. The van der Waals surface area contributed by atoms with Gasteiger partial charge < -0.3 is 10.2 Å². The van der Waals surface area contributed by atoms with Gasteiger partial charge in [-0.05, 0) is 38.6 Å². The number of likely N-dealkylation sites (tertiary alicyclic amines) is 1. The van der Waals surface area contributed by atoms with Gasteiger partial charge in [0.05, 0.1) is 0 Å². The first kappa shape index (κ1) is 17.1. The molecule has 8 heteroatoms. The molecule has 0 unspecified atom stereocenters. The molecule has 3 heterocycles. The molecule has 0 radical (unpaired) electrons. The summed E-state index contributed by atoms with van der Waals surface area (Å²) in [6, 6.07) is 0.203. The lowest BCUT2D eigenvalue weighted by Gasteiger charge is -2.47. The Morgan fingerprint density at radius 3 is 2.57 bits per heavy atom. The van der Waals surface area contributed by atoms with Gasteiger partial charge in [-0.2, -0.15) is 17.0 Å². The topological polar surface area (TPSA) is 73.0 Å². The number of hydrogen-bond acceptors (Lipinski definition) is 4. The Bertz CT molecular complexity index is 533. The molecule has 1 N–H and O–H groups in total. The molecule has 0 bridgehead atoms. The van der Waals surface area contributed by atoms with Gasteiger partial charge in [0.25, 0.3) is 10.2 Å². The van der Waals surface area contributed by atoms with Gasteiger partial charge >= 0.3 is 0 Å². The molecule has 0 spiro atoms. The summed E-state index contributed by atoms with van der Waals surface area (Å²) in [7, 11) is -1.42. The van der Waals surface area contributed by atoms with Crippen molar-refractivity contribution in [2.45, 2.75) is 38.1 Å². The number of fused-ring (bicyclic) bond motifs is 1. The van der Waals surface area contributed by atoms with E-state index in [1.54, 1.807) is 8.61 Å². The fourth-order valence-electron chi connectivity index (χ4n) is 4.13. The van der Waals surface area contributed by atoms with Gasteiger partial charge in [0.15, 0.2) is 0 Å². The molecular formula is C15H28N4O3S. The normalized spacial score (nSPS) is 30.7.